The van der Waals surface area contributed by atoms with Crippen LogP contribution in [0.5, 0.6) is 11.5 Å². The fraction of sp³-hybridized carbons (Fsp3) is 0.0333. The Balaban J connectivity index is 0.00000133. The van der Waals surface area contributed by atoms with Gasteiger partial charge in [-0.15, -0.1) is 0 Å². The minimum atomic E-state index is -1.15. The molecule has 2 heterocycles. The molecule has 0 saturated carbocycles. The van der Waals surface area contributed by atoms with Crippen LogP contribution in [0.1, 0.15) is 22.6 Å². The van der Waals surface area contributed by atoms with E-state index in [0.29, 0.717) is 0 Å². The van der Waals surface area contributed by atoms with E-state index in [4.69, 9.17) is 11.6 Å². The molecule has 0 saturated heterocycles. The van der Waals surface area contributed by atoms with Gasteiger partial charge in [-0.25, -0.2) is 0 Å². The van der Waals surface area contributed by atoms with E-state index in [1.165, 1.54) is 10.8 Å². The molecule has 0 spiro atoms. The quantitative estimate of drug-likeness (QED) is 0.294. The molecule has 0 N–H and O–H groups in total. The Kier molecular flexibility index (Phi) is 6.92. The summed E-state index contributed by atoms with van der Waals surface area (Å²) in [5.74, 6) is 1.79. The Morgan fingerprint density at radius 2 is 1.11 bits per heavy atom. The van der Waals surface area contributed by atoms with Crippen molar-refractivity contribution in [3.63, 3.8) is 0 Å². The summed E-state index contributed by atoms with van der Waals surface area (Å²) in [4.78, 5) is 4.81. The summed E-state index contributed by atoms with van der Waals surface area (Å²) in [5, 5.41) is 5.71. The first kappa shape index (κ1) is 24.6. The zero-order valence-electron chi connectivity index (χ0n) is 19.0. The summed E-state index contributed by atoms with van der Waals surface area (Å²) >= 11 is -1.15. The fourth-order valence-corrected chi connectivity index (χ4v) is 6.12. The van der Waals surface area contributed by atoms with Gasteiger partial charge in [0.1, 0.15) is 0 Å². The van der Waals surface area contributed by atoms with E-state index in [1.54, 1.807) is 0 Å². The Bertz CT molecular complexity index is 1640. The second-order valence-corrected chi connectivity index (χ2v) is 9.49. The van der Waals surface area contributed by atoms with Crippen LogP contribution < -0.4 is 31.5 Å². The summed E-state index contributed by atoms with van der Waals surface area (Å²) in [6, 6.07) is 36.2. The van der Waals surface area contributed by atoms with E-state index in [-0.39, 0.29) is 30.7 Å². The van der Waals surface area contributed by atoms with E-state index in [9.17, 15) is 0 Å². The van der Waals surface area contributed by atoms with Crippen molar-refractivity contribution in [2.24, 2.45) is 0 Å². The molecular weight excluding hydrogens is 525 g/mol. The zero-order valence-corrected chi connectivity index (χ0v) is 22.1. The van der Waals surface area contributed by atoms with Gasteiger partial charge in [0.25, 0.3) is 0 Å². The van der Waals surface area contributed by atoms with Crippen molar-refractivity contribution < 1.29 is 51.4 Å². The van der Waals surface area contributed by atoms with Crippen LogP contribution in [-0.4, -0.2) is 4.98 Å². The zero-order chi connectivity index (χ0) is 22.5. The molecule has 6 aromatic rings. The van der Waals surface area contributed by atoms with Crippen molar-refractivity contribution in [2.45, 2.75) is 5.92 Å². The topological polar surface area (TPSA) is 31.4 Å². The predicted molar refractivity (Wildman–Crippen MR) is 132 cm³/mol. The number of aromatic nitrogens is 1. The number of rotatable bonds is 1. The van der Waals surface area contributed by atoms with Gasteiger partial charge in [0.2, 0.25) is 0 Å². The van der Waals surface area contributed by atoms with Crippen LogP contribution in [0.25, 0.3) is 32.4 Å². The van der Waals surface area contributed by atoms with Crippen LogP contribution in [-0.2, 0) is 19.9 Å². The molecule has 5 aromatic carbocycles. The number of fused-ring (bicyclic) bond motifs is 7. The van der Waals surface area contributed by atoms with Crippen molar-refractivity contribution in [3.8, 4) is 11.5 Å². The van der Waals surface area contributed by atoms with Crippen molar-refractivity contribution >= 4 is 32.4 Å². The molecular formula is C30H19Cl2NO2Ti. The summed E-state index contributed by atoms with van der Waals surface area (Å²) < 4.78 is 12.9. The SMILES string of the molecule is [Cl-].[Cl-].c1ccc2ncc(C3c4ccc5ccccc5c4[O][Ti+2][O]c4c3ccc3ccccc43)cc2c1. The van der Waals surface area contributed by atoms with E-state index < -0.39 is 19.9 Å². The molecule has 0 bridgehead atoms. The van der Waals surface area contributed by atoms with Gasteiger partial charge in [0.15, 0.2) is 0 Å². The van der Waals surface area contributed by atoms with Crippen LogP contribution in [0.2, 0.25) is 0 Å². The molecule has 36 heavy (non-hydrogen) atoms. The first-order chi connectivity index (χ1) is 16.9. The molecule has 7 rings (SSSR count). The van der Waals surface area contributed by atoms with Gasteiger partial charge in [0.05, 0.1) is 0 Å². The molecule has 0 unspecified atom stereocenters. The Labute approximate surface area is 231 Å². The molecule has 1 aliphatic heterocycles. The molecule has 0 fully saturated rings. The Morgan fingerprint density at radius 1 is 0.583 bits per heavy atom. The summed E-state index contributed by atoms with van der Waals surface area (Å²) in [5.41, 5.74) is 4.42. The third kappa shape index (κ3) is 4.03. The first-order valence-corrected chi connectivity index (χ1v) is 12.6. The second kappa shape index (κ2) is 10.1. The van der Waals surface area contributed by atoms with Gasteiger partial charge in [-0.1, -0.05) is 0 Å². The molecule has 3 nitrogen and oxygen atoms in total. The van der Waals surface area contributed by atoms with E-state index >= 15 is 0 Å². The fourth-order valence-electron chi connectivity index (χ4n) is 5.08. The van der Waals surface area contributed by atoms with Gasteiger partial charge in [-0.05, 0) is 0 Å². The maximum absolute atomic E-state index is 6.47. The number of hydrogen-bond donors (Lipinski definition) is 0. The maximum atomic E-state index is 6.47. The molecule has 1 aliphatic rings. The van der Waals surface area contributed by atoms with Gasteiger partial charge in [0, 0.05) is 0 Å². The summed E-state index contributed by atoms with van der Waals surface area (Å²) in [6.07, 6.45) is 2.00. The Morgan fingerprint density at radius 3 is 1.72 bits per heavy atom. The normalized spacial score (nSPS) is 12.3. The van der Waals surface area contributed by atoms with Crippen molar-refractivity contribution in [3.05, 3.63) is 126 Å². The van der Waals surface area contributed by atoms with Crippen molar-refractivity contribution in [1.29, 1.82) is 0 Å². The average Bonchev–Trinajstić information content (AvgIpc) is 2.88. The number of halogens is 2. The molecule has 6 heteroatoms. The standard InChI is InChI=1S/C30H21NO2.2ClH.Ti/c32-29-23-10-4-1-7-19(23)13-15-25(29)28(22-17-21-9-3-6-12-27(21)31-18-22)26-16-14-20-8-2-5-11-24(20)30(26)33;;;/h1-18,28,32-33H;2*1H;/q;;;+4/p-4. The third-order valence-electron chi connectivity index (χ3n) is 6.67. The van der Waals surface area contributed by atoms with Gasteiger partial charge in [-0.3, -0.25) is 0 Å². The van der Waals surface area contributed by atoms with Gasteiger partial charge < -0.3 is 24.8 Å². The summed E-state index contributed by atoms with van der Waals surface area (Å²) in [6.45, 7) is 0. The molecule has 1 aromatic heterocycles. The van der Waals surface area contributed by atoms with Crippen LogP contribution in [0.15, 0.2) is 109 Å². The minimum absolute atomic E-state index is 0. The monoisotopic (exact) mass is 543 g/mol. The van der Waals surface area contributed by atoms with Gasteiger partial charge >= 0.3 is 207 Å². The molecule has 0 atom stereocenters. The van der Waals surface area contributed by atoms with Crippen LogP contribution in [0.4, 0.5) is 0 Å². The first-order valence-electron chi connectivity index (χ1n) is 11.3. The van der Waals surface area contributed by atoms with Crippen molar-refractivity contribution in [2.75, 3.05) is 0 Å². The average molecular weight is 544 g/mol. The van der Waals surface area contributed by atoms with Crippen molar-refractivity contribution in [1.82, 2.24) is 4.98 Å². The van der Waals surface area contributed by atoms with E-state index in [0.717, 1.165) is 49.9 Å². The third-order valence-corrected chi connectivity index (χ3v) is 7.57. The number of pyridine rings is 1. The van der Waals surface area contributed by atoms with Crippen LogP contribution >= 0.6 is 0 Å². The van der Waals surface area contributed by atoms with E-state index in [1.807, 2.05) is 12.3 Å². The second-order valence-electron chi connectivity index (χ2n) is 8.59. The predicted octanol–water partition coefficient (Wildman–Crippen LogP) is 1.41. The number of hydrogen-bond acceptors (Lipinski definition) is 3. The van der Waals surface area contributed by atoms with E-state index in [2.05, 4.69) is 97.1 Å². The number of para-hydroxylation sites is 1. The molecule has 174 valence electrons. The summed E-state index contributed by atoms with van der Waals surface area (Å²) in [7, 11) is 0. The number of nitrogens with zero attached hydrogens (tertiary/aromatic N) is 1. The molecule has 0 amide bonds. The molecule has 0 aliphatic carbocycles. The van der Waals surface area contributed by atoms with Crippen LogP contribution in [0.3, 0.4) is 0 Å². The van der Waals surface area contributed by atoms with Gasteiger partial charge in [-0.2, -0.15) is 0 Å². The Hall–Kier alpha value is -3.08. The molecule has 0 radical (unpaired) electrons. The van der Waals surface area contributed by atoms with Crippen LogP contribution in [0, 0.1) is 0 Å². The number of benzene rings is 5.